The van der Waals surface area contributed by atoms with Gasteiger partial charge in [0.05, 0.1) is 33.3 Å². The zero-order valence-electron chi connectivity index (χ0n) is 17.2. The summed E-state index contributed by atoms with van der Waals surface area (Å²) < 4.78 is 11.2. The van der Waals surface area contributed by atoms with E-state index in [2.05, 4.69) is 36.9 Å². The van der Waals surface area contributed by atoms with E-state index in [4.69, 9.17) is 9.47 Å². The summed E-state index contributed by atoms with van der Waals surface area (Å²) in [5.74, 6) is 2.18. The summed E-state index contributed by atoms with van der Waals surface area (Å²) in [6, 6.07) is 16.3. The third kappa shape index (κ3) is 5.40. The van der Waals surface area contributed by atoms with Gasteiger partial charge in [-0.15, -0.1) is 0 Å². The highest BCUT2D eigenvalue weighted by Crippen LogP contribution is 2.25. The molecule has 1 saturated heterocycles. The number of nitrogens with zero attached hydrogens (tertiary/aromatic N) is 1. The molecule has 0 saturated carbocycles. The van der Waals surface area contributed by atoms with E-state index < -0.39 is 6.10 Å². The van der Waals surface area contributed by atoms with Gasteiger partial charge in [-0.3, -0.25) is 0 Å². The highest BCUT2D eigenvalue weighted by Gasteiger charge is 2.23. The third-order valence-corrected chi connectivity index (χ3v) is 5.40. The summed E-state index contributed by atoms with van der Waals surface area (Å²) in [5, 5.41) is 10.5. The topological polar surface area (TPSA) is 46.4 Å². The van der Waals surface area contributed by atoms with Gasteiger partial charge in [-0.05, 0) is 41.8 Å². The number of methoxy groups -OCH3 is 1. The van der Waals surface area contributed by atoms with Gasteiger partial charge >= 0.3 is 0 Å². The monoisotopic (exact) mass is 385 g/mol. The Hall–Kier alpha value is -2.24. The molecule has 0 aliphatic carbocycles. The number of aliphatic hydroxyl groups is 1. The zero-order chi connectivity index (χ0) is 19.9. The van der Waals surface area contributed by atoms with E-state index in [1.807, 2.05) is 30.3 Å². The Kier molecular flexibility index (Phi) is 7.18. The second-order valence-electron chi connectivity index (χ2n) is 7.80. The van der Waals surface area contributed by atoms with Crippen molar-refractivity contribution in [3.63, 3.8) is 0 Å². The molecule has 0 spiro atoms. The highest BCUT2D eigenvalue weighted by molar-refractivity contribution is 5.49. The Labute approximate surface area is 168 Å². The number of ether oxygens (including phenoxy) is 2. The number of rotatable bonds is 8. The lowest BCUT2D eigenvalue weighted by molar-refractivity contribution is -0.903. The van der Waals surface area contributed by atoms with Crippen LogP contribution in [0.4, 0.5) is 5.69 Å². The van der Waals surface area contributed by atoms with Crippen LogP contribution in [0.2, 0.25) is 0 Å². The first-order valence-corrected chi connectivity index (χ1v) is 10.2. The van der Waals surface area contributed by atoms with Gasteiger partial charge in [0.25, 0.3) is 0 Å². The molecule has 1 aliphatic rings. The SMILES string of the molecule is COc1ccc(N2CC[NH+](C[C@H](O)COc3ccccc3C(C)C)CC2)cc1. The van der Waals surface area contributed by atoms with Crippen molar-refractivity contribution >= 4 is 5.69 Å². The average molecular weight is 386 g/mol. The first-order valence-electron chi connectivity index (χ1n) is 10.2. The average Bonchev–Trinajstić information content (AvgIpc) is 2.73. The molecule has 152 valence electrons. The summed E-state index contributed by atoms with van der Waals surface area (Å²) in [4.78, 5) is 3.82. The van der Waals surface area contributed by atoms with E-state index in [-0.39, 0.29) is 0 Å². The van der Waals surface area contributed by atoms with Gasteiger partial charge < -0.3 is 24.4 Å². The van der Waals surface area contributed by atoms with Crippen LogP contribution in [0.1, 0.15) is 25.3 Å². The summed E-state index contributed by atoms with van der Waals surface area (Å²) in [7, 11) is 1.69. The van der Waals surface area contributed by atoms with Crippen LogP contribution in [-0.4, -0.2) is 57.7 Å². The van der Waals surface area contributed by atoms with Crippen molar-refractivity contribution in [3.8, 4) is 11.5 Å². The fourth-order valence-electron chi connectivity index (χ4n) is 3.75. The maximum atomic E-state index is 10.5. The van der Waals surface area contributed by atoms with Crippen LogP contribution in [-0.2, 0) is 0 Å². The molecule has 0 radical (unpaired) electrons. The first kappa shape index (κ1) is 20.5. The Bertz CT molecular complexity index is 725. The Morgan fingerprint density at radius 1 is 1.04 bits per heavy atom. The molecule has 2 aromatic carbocycles. The molecule has 0 amide bonds. The van der Waals surface area contributed by atoms with E-state index in [1.54, 1.807) is 7.11 Å². The highest BCUT2D eigenvalue weighted by atomic mass is 16.5. The predicted octanol–water partition coefficient (Wildman–Crippen LogP) is 1.96. The molecular weight excluding hydrogens is 352 g/mol. The van der Waals surface area contributed by atoms with Gasteiger partial charge in [0.1, 0.15) is 30.8 Å². The van der Waals surface area contributed by atoms with Gasteiger partial charge in [-0.2, -0.15) is 0 Å². The predicted molar refractivity (Wildman–Crippen MR) is 113 cm³/mol. The van der Waals surface area contributed by atoms with Crippen molar-refractivity contribution < 1.29 is 19.5 Å². The molecule has 0 bridgehead atoms. The van der Waals surface area contributed by atoms with Crippen LogP contribution in [0.25, 0.3) is 0 Å². The lowest BCUT2D eigenvalue weighted by atomic mass is 10.0. The third-order valence-electron chi connectivity index (χ3n) is 5.40. The van der Waals surface area contributed by atoms with Gasteiger partial charge in [0.2, 0.25) is 0 Å². The molecule has 1 heterocycles. The van der Waals surface area contributed by atoms with Crippen molar-refractivity contribution in [3.05, 3.63) is 54.1 Å². The molecule has 1 aliphatic heterocycles. The molecule has 2 aromatic rings. The molecule has 5 nitrogen and oxygen atoms in total. The van der Waals surface area contributed by atoms with E-state index in [1.165, 1.54) is 16.2 Å². The fourth-order valence-corrected chi connectivity index (χ4v) is 3.75. The number of aliphatic hydroxyl groups excluding tert-OH is 1. The number of hydrogen-bond donors (Lipinski definition) is 2. The van der Waals surface area contributed by atoms with Crippen molar-refractivity contribution in [1.29, 1.82) is 0 Å². The number of quaternary nitrogens is 1. The molecular formula is C23H33N2O3+. The lowest BCUT2D eigenvalue weighted by Gasteiger charge is -2.34. The molecule has 28 heavy (non-hydrogen) atoms. The quantitative estimate of drug-likeness (QED) is 0.729. The lowest BCUT2D eigenvalue weighted by Crippen LogP contribution is -3.16. The Morgan fingerprint density at radius 3 is 2.36 bits per heavy atom. The van der Waals surface area contributed by atoms with Crippen molar-refractivity contribution in [2.24, 2.45) is 0 Å². The first-order chi connectivity index (χ1) is 13.6. The number of nitrogens with one attached hydrogen (secondary N) is 1. The second kappa shape index (κ2) is 9.80. The van der Waals surface area contributed by atoms with E-state index in [9.17, 15) is 5.11 Å². The van der Waals surface area contributed by atoms with Crippen LogP contribution in [0.3, 0.4) is 0 Å². The normalized spacial score (nSPS) is 16.2. The van der Waals surface area contributed by atoms with Gasteiger partial charge in [0.15, 0.2) is 0 Å². The molecule has 3 rings (SSSR count). The number of para-hydroxylation sites is 1. The smallest absolute Gasteiger partial charge is 0.137 e. The Morgan fingerprint density at radius 2 is 1.71 bits per heavy atom. The minimum atomic E-state index is -0.456. The molecule has 1 fully saturated rings. The Balaban J connectivity index is 1.44. The van der Waals surface area contributed by atoms with E-state index >= 15 is 0 Å². The summed E-state index contributed by atoms with van der Waals surface area (Å²) in [6.45, 7) is 9.40. The van der Waals surface area contributed by atoms with Crippen LogP contribution >= 0.6 is 0 Å². The largest absolute Gasteiger partial charge is 0.497 e. The molecule has 0 aromatic heterocycles. The molecule has 2 N–H and O–H groups in total. The minimum Gasteiger partial charge on any atom is -0.497 e. The van der Waals surface area contributed by atoms with Gasteiger partial charge in [-0.25, -0.2) is 0 Å². The zero-order valence-corrected chi connectivity index (χ0v) is 17.2. The number of hydrogen-bond acceptors (Lipinski definition) is 4. The number of piperazine rings is 1. The van der Waals surface area contributed by atoms with Gasteiger partial charge in [0, 0.05) is 5.69 Å². The summed E-state index contributed by atoms with van der Waals surface area (Å²) in [5.41, 5.74) is 2.42. The van der Waals surface area contributed by atoms with Crippen molar-refractivity contribution in [2.45, 2.75) is 25.9 Å². The van der Waals surface area contributed by atoms with E-state index in [0.717, 1.165) is 44.2 Å². The van der Waals surface area contributed by atoms with Crippen LogP contribution in [0, 0.1) is 0 Å². The number of benzene rings is 2. The minimum absolute atomic E-state index is 0.343. The van der Waals surface area contributed by atoms with Crippen molar-refractivity contribution in [2.75, 3.05) is 51.3 Å². The molecule has 5 heteroatoms. The summed E-state index contributed by atoms with van der Waals surface area (Å²) >= 11 is 0. The molecule has 1 atom stereocenters. The van der Waals surface area contributed by atoms with E-state index in [0.29, 0.717) is 12.5 Å². The van der Waals surface area contributed by atoms with Crippen molar-refractivity contribution in [1.82, 2.24) is 0 Å². The van der Waals surface area contributed by atoms with Crippen LogP contribution in [0.5, 0.6) is 11.5 Å². The van der Waals surface area contributed by atoms with Crippen LogP contribution < -0.4 is 19.3 Å². The maximum Gasteiger partial charge on any atom is 0.137 e. The second-order valence-corrected chi connectivity index (χ2v) is 7.80. The maximum absolute atomic E-state index is 10.5. The van der Waals surface area contributed by atoms with Gasteiger partial charge in [-0.1, -0.05) is 32.0 Å². The standard InChI is InChI=1S/C23H32N2O3/c1-18(2)22-6-4-5-7-23(22)28-17-20(26)16-24-12-14-25(15-13-24)19-8-10-21(27-3)11-9-19/h4-11,18,20,26H,12-17H2,1-3H3/p+1/t20-/m0/s1. The number of anilines is 1. The van der Waals surface area contributed by atoms with Crippen LogP contribution in [0.15, 0.2) is 48.5 Å². The molecule has 0 unspecified atom stereocenters. The fraction of sp³-hybridized carbons (Fsp3) is 0.478. The summed E-state index contributed by atoms with van der Waals surface area (Å²) in [6.07, 6.45) is -0.456.